The number of fused-ring (bicyclic) bond motifs is 1. The SMILES string of the molecule is CCOCCO[C@@H](Cn1c(=O)n([C@H]2CCNC2=O)c(=O)c2c(C)c(-n3nccn3)sc21)c1cc(F)ccc1OCc1ccccc1. The molecule has 5 aromatic rings. The standard InChI is InChI=1S/C32H33FN6O6S/c1-3-43-15-16-44-26(23-17-22(33)9-10-25(23)45-19-21-7-5-4-6-8-21)18-37-31-27(20(2)30(46-31)39-35-13-14-36-39)29(41)38(32(37)42)24-11-12-34-28(24)40/h4-10,13-14,17,24,26H,3,11-12,15-16,18-19H2,1-2H3,(H,34,40)/t24-,26-/m0/s1. The van der Waals surface area contributed by atoms with Crippen molar-refractivity contribution < 1.29 is 23.4 Å². The second kappa shape index (κ2) is 13.8. The van der Waals surface area contributed by atoms with Crippen molar-refractivity contribution in [3.8, 4) is 10.8 Å². The average molecular weight is 649 g/mol. The van der Waals surface area contributed by atoms with Crippen LogP contribution in [0.4, 0.5) is 4.39 Å². The monoisotopic (exact) mass is 648 g/mol. The summed E-state index contributed by atoms with van der Waals surface area (Å²) >= 11 is 1.17. The van der Waals surface area contributed by atoms with Crippen molar-refractivity contribution in [2.24, 2.45) is 0 Å². The average Bonchev–Trinajstić information content (AvgIpc) is 3.81. The molecule has 0 spiro atoms. The number of carbonyl (C=O) groups excluding carboxylic acids is 1. The van der Waals surface area contributed by atoms with E-state index >= 15 is 0 Å². The predicted molar refractivity (Wildman–Crippen MR) is 169 cm³/mol. The van der Waals surface area contributed by atoms with Crippen molar-refractivity contribution >= 4 is 27.5 Å². The van der Waals surface area contributed by atoms with Crippen molar-refractivity contribution in [2.75, 3.05) is 26.4 Å². The topological polar surface area (TPSA) is 132 Å². The van der Waals surface area contributed by atoms with Crippen LogP contribution in [-0.4, -0.2) is 56.4 Å². The molecule has 0 radical (unpaired) electrons. The van der Waals surface area contributed by atoms with Gasteiger partial charge in [0.15, 0.2) is 0 Å². The van der Waals surface area contributed by atoms with Gasteiger partial charge in [0.2, 0.25) is 5.91 Å². The van der Waals surface area contributed by atoms with E-state index in [0.717, 1.165) is 10.1 Å². The lowest BCUT2D eigenvalue weighted by atomic mass is 10.1. The zero-order valence-corrected chi connectivity index (χ0v) is 26.2. The van der Waals surface area contributed by atoms with Gasteiger partial charge in [-0.2, -0.15) is 10.2 Å². The summed E-state index contributed by atoms with van der Waals surface area (Å²) in [4.78, 5) is 42.8. The highest BCUT2D eigenvalue weighted by atomic mass is 32.1. The zero-order valence-electron chi connectivity index (χ0n) is 25.3. The molecule has 0 saturated carbocycles. The molecular weight excluding hydrogens is 615 g/mol. The summed E-state index contributed by atoms with van der Waals surface area (Å²) in [5.41, 5.74) is 0.610. The van der Waals surface area contributed by atoms with Gasteiger partial charge in [-0.05, 0) is 44.0 Å². The minimum absolute atomic E-state index is 0.118. The Balaban J connectivity index is 1.49. The van der Waals surface area contributed by atoms with Gasteiger partial charge >= 0.3 is 5.69 Å². The van der Waals surface area contributed by atoms with E-state index in [4.69, 9.17) is 14.2 Å². The molecule has 12 nitrogen and oxygen atoms in total. The minimum Gasteiger partial charge on any atom is -0.489 e. The van der Waals surface area contributed by atoms with Gasteiger partial charge in [0.05, 0.1) is 37.5 Å². The Labute approximate surface area is 266 Å². The Hall–Kier alpha value is -4.66. The molecule has 6 rings (SSSR count). The Morgan fingerprint density at radius 2 is 1.87 bits per heavy atom. The molecule has 46 heavy (non-hydrogen) atoms. The van der Waals surface area contributed by atoms with Crippen LogP contribution in [0.2, 0.25) is 0 Å². The minimum atomic E-state index is -0.975. The first-order valence-corrected chi connectivity index (χ1v) is 15.8. The quantitative estimate of drug-likeness (QED) is 0.191. The fourth-order valence-electron chi connectivity index (χ4n) is 5.57. The summed E-state index contributed by atoms with van der Waals surface area (Å²) in [6.45, 7) is 4.95. The van der Waals surface area contributed by atoms with Gasteiger partial charge in [0.25, 0.3) is 5.56 Å². The van der Waals surface area contributed by atoms with Crippen molar-refractivity contribution in [3.05, 3.63) is 104 Å². The highest BCUT2D eigenvalue weighted by Gasteiger charge is 2.33. The molecule has 0 aliphatic carbocycles. The fourth-order valence-corrected chi connectivity index (χ4v) is 6.78. The number of hydrogen-bond acceptors (Lipinski definition) is 9. The smallest absolute Gasteiger partial charge is 0.332 e. The second-order valence-electron chi connectivity index (χ2n) is 10.7. The Morgan fingerprint density at radius 3 is 2.59 bits per heavy atom. The van der Waals surface area contributed by atoms with E-state index in [-0.39, 0.29) is 38.2 Å². The van der Waals surface area contributed by atoms with Crippen LogP contribution >= 0.6 is 11.3 Å². The summed E-state index contributed by atoms with van der Waals surface area (Å²) in [6.07, 6.45) is 2.41. The largest absolute Gasteiger partial charge is 0.489 e. The normalized spacial score (nSPS) is 15.4. The molecule has 240 valence electrons. The Morgan fingerprint density at radius 1 is 1.09 bits per heavy atom. The molecule has 1 aliphatic heterocycles. The molecular formula is C32H33FN6O6S. The van der Waals surface area contributed by atoms with E-state index in [0.29, 0.717) is 39.9 Å². The van der Waals surface area contributed by atoms with Gasteiger partial charge in [-0.15, -0.1) is 4.80 Å². The first-order chi connectivity index (χ1) is 22.4. The lowest BCUT2D eigenvalue weighted by molar-refractivity contribution is -0.122. The molecule has 14 heteroatoms. The van der Waals surface area contributed by atoms with E-state index in [2.05, 4.69) is 15.5 Å². The van der Waals surface area contributed by atoms with Gasteiger partial charge in [0, 0.05) is 24.3 Å². The maximum absolute atomic E-state index is 14.9. The molecule has 0 bridgehead atoms. The Bertz CT molecular complexity index is 1960. The number of rotatable bonds is 13. The van der Waals surface area contributed by atoms with Gasteiger partial charge in [0.1, 0.15) is 40.2 Å². The highest BCUT2D eigenvalue weighted by Crippen LogP contribution is 2.34. The maximum Gasteiger partial charge on any atom is 0.332 e. The van der Waals surface area contributed by atoms with Crippen molar-refractivity contribution in [3.63, 3.8) is 0 Å². The van der Waals surface area contributed by atoms with Crippen LogP contribution in [0.15, 0.2) is 70.5 Å². The second-order valence-corrected chi connectivity index (χ2v) is 11.7. The van der Waals surface area contributed by atoms with Crippen molar-refractivity contribution in [2.45, 2.75) is 45.6 Å². The molecule has 1 aliphatic rings. The van der Waals surface area contributed by atoms with Gasteiger partial charge in [-0.1, -0.05) is 41.7 Å². The van der Waals surface area contributed by atoms with Crippen LogP contribution in [0.25, 0.3) is 15.2 Å². The van der Waals surface area contributed by atoms with Crippen LogP contribution in [0.3, 0.4) is 0 Å². The number of thiophene rings is 1. The molecule has 1 fully saturated rings. The van der Waals surface area contributed by atoms with E-state index in [1.165, 1.54) is 51.3 Å². The lowest BCUT2D eigenvalue weighted by Crippen LogP contribution is -2.44. The van der Waals surface area contributed by atoms with Crippen LogP contribution in [0.5, 0.6) is 5.75 Å². The molecule has 2 aromatic carbocycles. The first kappa shape index (κ1) is 31.3. The Kier molecular flexibility index (Phi) is 9.38. The van der Waals surface area contributed by atoms with E-state index in [1.54, 1.807) is 6.92 Å². The number of benzene rings is 2. The van der Waals surface area contributed by atoms with Crippen molar-refractivity contribution in [1.29, 1.82) is 0 Å². The van der Waals surface area contributed by atoms with Gasteiger partial charge < -0.3 is 19.5 Å². The molecule has 4 heterocycles. The number of carbonyl (C=O) groups is 1. The number of ether oxygens (including phenoxy) is 3. The lowest BCUT2D eigenvalue weighted by Gasteiger charge is -2.24. The number of nitrogens with zero attached hydrogens (tertiary/aromatic N) is 5. The molecule has 3 aromatic heterocycles. The molecule has 1 N–H and O–H groups in total. The molecule has 1 saturated heterocycles. The van der Waals surface area contributed by atoms with Crippen molar-refractivity contribution in [1.82, 2.24) is 29.4 Å². The zero-order chi connectivity index (χ0) is 32.2. The number of aryl methyl sites for hydroxylation is 1. The number of amides is 1. The molecule has 2 atom stereocenters. The molecule has 0 unspecified atom stereocenters. The number of halogens is 1. The van der Waals surface area contributed by atoms with Crippen LogP contribution in [0.1, 0.15) is 42.2 Å². The first-order valence-electron chi connectivity index (χ1n) is 15.0. The van der Waals surface area contributed by atoms with Crippen LogP contribution < -0.4 is 21.3 Å². The third kappa shape index (κ3) is 6.23. The van der Waals surface area contributed by atoms with Gasteiger partial charge in [-0.25, -0.2) is 13.8 Å². The van der Waals surface area contributed by atoms with Crippen LogP contribution in [-0.2, 0) is 27.4 Å². The highest BCUT2D eigenvalue weighted by molar-refractivity contribution is 7.21. The third-order valence-corrected chi connectivity index (χ3v) is 9.09. The van der Waals surface area contributed by atoms with Gasteiger partial charge in [-0.3, -0.25) is 14.2 Å². The summed E-state index contributed by atoms with van der Waals surface area (Å²) in [5, 5.41) is 12.0. The summed E-state index contributed by atoms with van der Waals surface area (Å²) in [5.74, 6) is -0.536. The summed E-state index contributed by atoms with van der Waals surface area (Å²) in [7, 11) is 0. The summed E-state index contributed by atoms with van der Waals surface area (Å²) < 4.78 is 35.2. The third-order valence-electron chi connectivity index (χ3n) is 7.80. The van der Waals surface area contributed by atoms with E-state index in [9.17, 15) is 18.8 Å². The van der Waals surface area contributed by atoms with E-state index in [1.807, 2.05) is 37.3 Å². The number of hydrogen-bond donors (Lipinski definition) is 1. The number of nitrogens with one attached hydrogen (secondary N) is 1. The van der Waals surface area contributed by atoms with E-state index < -0.39 is 35.1 Å². The molecule has 1 amide bonds. The van der Waals surface area contributed by atoms with Crippen LogP contribution in [0, 0.1) is 12.7 Å². The predicted octanol–water partition coefficient (Wildman–Crippen LogP) is 3.69. The number of aromatic nitrogens is 5. The fraction of sp³-hybridized carbons (Fsp3) is 0.344. The maximum atomic E-state index is 14.9. The summed E-state index contributed by atoms with van der Waals surface area (Å²) in [6, 6.07) is 12.7.